The molecule has 2 aromatic carbocycles. The van der Waals surface area contributed by atoms with Gasteiger partial charge in [-0.15, -0.1) is 0 Å². The lowest BCUT2D eigenvalue weighted by Gasteiger charge is -2.35. The summed E-state index contributed by atoms with van der Waals surface area (Å²) in [5.41, 5.74) is 3.49. The molecule has 6 heteroatoms. The quantitative estimate of drug-likeness (QED) is 0.713. The Balaban J connectivity index is 1.89. The number of hydrogen-bond donors (Lipinski definition) is 0. The molecule has 0 unspecified atom stereocenters. The molecule has 0 amide bonds. The second kappa shape index (κ2) is 6.32. The van der Waals surface area contributed by atoms with E-state index in [1.54, 1.807) is 6.07 Å². The topological polar surface area (TPSA) is 22.1 Å². The summed E-state index contributed by atoms with van der Waals surface area (Å²) in [6.07, 6.45) is 0. The van der Waals surface area contributed by atoms with Crippen LogP contribution in [0.5, 0.6) is 0 Å². The molecule has 2 aromatic rings. The molecule has 0 bridgehead atoms. The van der Waals surface area contributed by atoms with Crippen LogP contribution in [0.2, 0.25) is 5.02 Å². The highest BCUT2D eigenvalue weighted by Crippen LogP contribution is 2.41. The first-order valence-corrected chi connectivity index (χ1v) is 8.77. The summed E-state index contributed by atoms with van der Waals surface area (Å²) in [4.78, 5) is 11.5. The van der Waals surface area contributed by atoms with Gasteiger partial charge < -0.3 is 14.7 Å². The SMILES string of the molecule is CN1CCN(C2=Nc3cc(Cl)c(F)cc3N(C)c3ccccc32)CC1. The number of fused-ring (bicyclic) bond motifs is 2. The molecule has 0 radical (unpaired) electrons. The molecule has 2 aliphatic heterocycles. The molecule has 0 saturated carbocycles. The number of nitrogens with zero attached hydrogens (tertiary/aromatic N) is 4. The summed E-state index contributed by atoms with van der Waals surface area (Å²) < 4.78 is 14.1. The smallest absolute Gasteiger partial charge is 0.144 e. The number of amidine groups is 1. The van der Waals surface area contributed by atoms with Gasteiger partial charge in [-0.1, -0.05) is 23.7 Å². The van der Waals surface area contributed by atoms with Crippen molar-refractivity contribution < 1.29 is 4.39 Å². The van der Waals surface area contributed by atoms with Crippen LogP contribution in [0.3, 0.4) is 0 Å². The van der Waals surface area contributed by atoms with Crippen molar-refractivity contribution >= 4 is 34.5 Å². The third-order valence-electron chi connectivity index (χ3n) is 4.91. The van der Waals surface area contributed by atoms with Crippen molar-refractivity contribution in [3.63, 3.8) is 0 Å². The van der Waals surface area contributed by atoms with Gasteiger partial charge in [0.1, 0.15) is 11.7 Å². The first-order valence-electron chi connectivity index (χ1n) is 8.39. The molecule has 130 valence electrons. The van der Waals surface area contributed by atoms with Crippen LogP contribution in [0.1, 0.15) is 5.56 Å². The van der Waals surface area contributed by atoms with Crippen molar-refractivity contribution in [3.05, 3.63) is 52.8 Å². The highest BCUT2D eigenvalue weighted by molar-refractivity contribution is 6.31. The van der Waals surface area contributed by atoms with Crippen molar-refractivity contribution in [1.29, 1.82) is 0 Å². The van der Waals surface area contributed by atoms with Gasteiger partial charge in [0.05, 0.1) is 22.1 Å². The Labute approximate surface area is 152 Å². The second-order valence-electron chi connectivity index (χ2n) is 6.56. The zero-order chi connectivity index (χ0) is 17.6. The van der Waals surface area contributed by atoms with Gasteiger partial charge in [0, 0.05) is 44.9 Å². The van der Waals surface area contributed by atoms with Gasteiger partial charge in [-0.05, 0) is 25.2 Å². The van der Waals surface area contributed by atoms with Crippen LogP contribution >= 0.6 is 11.6 Å². The number of anilines is 2. The highest BCUT2D eigenvalue weighted by Gasteiger charge is 2.26. The Morgan fingerprint density at radius 2 is 1.72 bits per heavy atom. The predicted octanol–water partition coefficient (Wildman–Crippen LogP) is 3.89. The third kappa shape index (κ3) is 2.87. The van der Waals surface area contributed by atoms with E-state index in [2.05, 4.69) is 22.9 Å². The summed E-state index contributed by atoms with van der Waals surface area (Å²) >= 11 is 6.03. The maximum Gasteiger partial charge on any atom is 0.144 e. The van der Waals surface area contributed by atoms with Crippen LogP contribution in [0, 0.1) is 5.82 Å². The molecule has 4 rings (SSSR count). The first kappa shape index (κ1) is 16.4. The van der Waals surface area contributed by atoms with Gasteiger partial charge in [0.15, 0.2) is 0 Å². The van der Waals surface area contributed by atoms with Gasteiger partial charge in [0.25, 0.3) is 0 Å². The molecule has 2 heterocycles. The van der Waals surface area contributed by atoms with E-state index < -0.39 is 5.82 Å². The molecule has 4 nitrogen and oxygen atoms in total. The molecule has 1 saturated heterocycles. The minimum absolute atomic E-state index is 0.0968. The number of piperazine rings is 1. The summed E-state index contributed by atoms with van der Waals surface area (Å²) in [6, 6.07) is 11.2. The monoisotopic (exact) mass is 358 g/mol. The van der Waals surface area contributed by atoms with Gasteiger partial charge >= 0.3 is 0 Å². The minimum Gasteiger partial charge on any atom is -0.353 e. The largest absolute Gasteiger partial charge is 0.353 e. The van der Waals surface area contributed by atoms with Crippen LogP contribution < -0.4 is 4.90 Å². The van der Waals surface area contributed by atoms with Gasteiger partial charge in [-0.2, -0.15) is 0 Å². The lowest BCUT2D eigenvalue weighted by atomic mass is 10.1. The number of rotatable bonds is 0. The average molecular weight is 359 g/mol. The van der Waals surface area contributed by atoms with Crippen molar-refractivity contribution in [2.24, 2.45) is 4.99 Å². The van der Waals surface area contributed by atoms with Crippen LogP contribution in [0.4, 0.5) is 21.5 Å². The fourth-order valence-corrected chi connectivity index (χ4v) is 3.56. The molecule has 0 atom stereocenters. The number of likely N-dealkylation sites (N-methyl/N-ethyl adjacent to an activating group) is 1. The zero-order valence-electron chi connectivity index (χ0n) is 14.3. The molecular weight excluding hydrogens is 339 g/mol. The Morgan fingerprint density at radius 1 is 1.00 bits per heavy atom. The number of aliphatic imine (C=N–C) groups is 1. The average Bonchev–Trinajstić information content (AvgIpc) is 2.73. The second-order valence-corrected chi connectivity index (χ2v) is 6.96. The molecule has 0 aromatic heterocycles. The lowest BCUT2D eigenvalue weighted by Crippen LogP contribution is -2.47. The van der Waals surface area contributed by atoms with Gasteiger partial charge in [0.2, 0.25) is 0 Å². The molecule has 1 fully saturated rings. The molecular formula is C19H20ClFN4. The van der Waals surface area contributed by atoms with Crippen molar-refractivity contribution in [3.8, 4) is 0 Å². The van der Waals surface area contributed by atoms with E-state index in [0.29, 0.717) is 5.69 Å². The summed E-state index contributed by atoms with van der Waals surface area (Å²) in [5, 5.41) is 0.0968. The first-order chi connectivity index (χ1) is 12.0. The summed E-state index contributed by atoms with van der Waals surface area (Å²) in [7, 11) is 4.07. The Bertz CT molecular complexity index is 843. The van der Waals surface area contributed by atoms with E-state index in [4.69, 9.17) is 16.6 Å². The van der Waals surface area contributed by atoms with Gasteiger partial charge in [-0.3, -0.25) is 0 Å². The standard InChI is InChI=1S/C19H20ClFN4/c1-23-7-9-25(10-8-23)19-13-5-3-4-6-17(13)24(2)18-12-15(21)14(20)11-16(18)22-19/h3-6,11-12H,7-10H2,1-2H3. The van der Waals surface area contributed by atoms with E-state index in [9.17, 15) is 4.39 Å². The van der Waals surface area contributed by atoms with Gasteiger partial charge in [-0.25, -0.2) is 9.38 Å². The highest BCUT2D eigenvalue weighted by atomic mass is 35.5. The Hall–Kier alpha value is -2.11. The van der Waals surface area contributed by atoms with Crippen molar-refractivity contribution in [2.45, 2.75) is 0 Å². The maximum absolute atomic E-state index is 14.1. The molecule has 2 aliphatic rings. The minimum atomic E-state index is -0.428. The van der Waals surface area contributed by atoms with E-state index in [1.807, 2.05) is 30.1 Å². The molecule has 0 spiro atoms. The third-order valence-corrected chi connectivity index (χ3v) is 5.20. The van der Waals surface area contributed by atoms with Crippen molar-refractivity contribution in [1.82, 2.24) is 9.80 Å². The molecule has 0 N–H and O–H groups in total. The van der Waals surface area contributed by atoms with Crippen molar-refractivity contribution in [2.75, 3.05) is 45.2 Å². The molecule has 0 aliphatic carbocycles. The number of benzene rings is 2. The maximum atomic E-state index is 14.1. The van der Waals surface area contributed by atoms with E-state index in [0.717, 1.165) is 49.0 Å². The van der Waals surface area contributed by atoms with E-state index in [1.165, 1.54) is 6.07 Å². The Morgan fingerprint density at radius 3 is 2.48 bits per heavy atom. The number of para-hydroxylation sites is 1. The summed E-state index contributed by atoms with van der Waals surface area (Å²) in [6.45, 7) is 3.82. The summed E-state index contributed by atoms with van der Waals surface area (Å²) in [5.74, 6) is 0.500. The van der Waals surface area contributed by atoms with Crippen LogP contribution in [0.15, 0.2) is 41.4 Å². The fourth-order valence-electron chi connectivity index (χ4n) is 3.40. The Kier molecular flexibility index (Phi) is 4.13. The van der Waals surface area contributed by atoms with E-state index in [-0.39, 0.29) is 5.02 Å². The number of halogens is 2. The lowest BCUT2D eigenvalue weighted by molar-refractivity contribution is 0.216. The zero-order valence-corrected chi connectivity index (χ0v) is 15.1. The van der Waals surface area contributed by atoms with E-state index >= 15 is 0 Å². The normalized spacial score (nSPS) is 17.7. The van der Waals surface area contributed by atoms with Crippen LogP contribution in [-0.2, 0) is 0 Å². The van der Waals surface area contributed by atoms with Crippen LogP contribution in [0.25, 0.3) is 0 Å². The number of hydrogen-bond acceptors (Lipinski definition) is 4. The molecule has 25 heavy (non-hydrogen) atoms. The van der Waals surface area contributed by atoms with Crippen LogP contribution in [-0.4, -0.2) is 55.9 Å². The fraction of sp³-hybridized carbons (Fsp3) is 0.316. The predicted molar refractivity (Wildman–Crippen MR) is 101 cm³/mol.